The van der Waals surface area contributed by atoms with Gasteiger partial charge in [-0.15, -0.1) is 10.2 Å². The topological polar surface area (TPSA) is 81.7 Å². The van der Waals surface area contributed by atoms with E-state index in [0.29, 0.717) is 5.95 Å². The molecule has 7 heteroatoms. The van der Waals surface area contributed by atoms with Gasteiger partial charge in [0, 0.05) is 25.2 Å². The number of benzene rings is 1. The molecule has 1 aromatic carbocycles. The number of aliphatic hydroxyl groups is 1. The van der Waals surface area contributed by atoms with Crippen molar-refractivity contribution in [2.45, 2.75) is 60.3 Å². The summed E-state index contributed by atoms with van der Waals surface area (Å²) in [6.45, 7) is 10.4. The molecular weight excluding hydrogens is 376 g/mol. The highest BCUT2D eigenvalue weighted by Gasteiger charge is 2.17. The van der Waals surface area contributed by atoms with E-state index in [1.165, 1.54) is 24.8 Å². The number of fused-ring (bicyclic) bond motifs is 3. The molecule has 0 unspecified atom stereocenters. The van der Waals surface area contributed by atoms with Gasteiger partial charge in [0.1, 0.15) is 5.52 Å². The number of aryl methyl sites for hydroxylation is 2. The normalized spacial score (nSPS) is 10.5. The third kappa shape index (κ3) is 4.36. The summed E-state index contributed by atoms with van der Waals surface area (Å²) in [4.78, 5) is 4.78. The lowest BCUT2D eigenvalue weighted by atomic mass is 10.1. The average Bonchev–Trinajstić information content (AvgIpc) is 3.25. The smallest absolute Gasteiger partial charge is 0.272 e. The fourth-order valence-electron chi connectivity index (χ4n) is 3.67. The van der Waals surface area contributed by atoms with Crippen molar-refractivity contribution in [1.29, 1.82) is 0 Å². The van der Waals surface area contributed by atoms with Crippen molar-refractivity contribution in [3.8, 4) is 5.95 Å². The first kappa shape index (κ1) is 23.5. The Morgan fingerprint density at radius 1 is 1.00 bits per heavy atom. The highest BCUT2D eigenvalue weighted by atomic mass is 16.2. The highest BCUT2D eigenvalue weighted by molar-refractivity contribution is 6.03. The Labute approximate surface area is 178 Å². The van der Waals surface area contributed by atoms with Crippen molar-refractivity contribution in [3.63, 3.8) is 0 Å². The number of aromatic nitrogens is 6. The number of unbranched alkanes of at least 4 members (excludes halogenated alkanes) is 2. The Hall–Kier alpha value is -2.80. The van der Waals surface area contributed by atoms with Gasteiger partial charge >= 0.3 is 0 Å². The number of aliphatic hydroxyl groups excluding tert-OH is 1. The van der Waals surface area contributed by atoms with E-state index in [-0.39, 0.29) is 0 Å². The van der Waals surface area contributed by atoms with Gasteiger partial charge in [-0.2, -0.15) is 10.1 Å². The Kier molecular flexibility index (Phi) is 8.47. The van der Waals surface area contributed by atoms with Crippen LogP contribution in [0, 0.1) is 13.8 Å². The molecule has 0 aliphatic heterocycles. The molecule has 162 valence electrons. The van der Waals surface area contributed by atoms with Crippen LogP contribution >= 0.6 is 0 Å². The number of rotatable bonds is 5. The minimum Gasteiger partial charge on any atom is -0.400 e. The Bertz CT molecular complexity index is 1100. The van der Waals surface area contributed by atoms with Crippen LogP contribution in [0.3, 0.4) is 0 Å². The Morgan fingerprint density at radius 2 is 1.70 bits per heavy atom. The molecule has 0 aliphatic carbocycles. The van der Waals surface area contributed by atoms with Gasteiger partial charge < -0.3 is 9.67 Å². The maximum atomic E-state index is 7.00. The van der Waals surface area contributed by atoms with Crippen LogP contribution in [0.1, 0.15) is 57.0 Å². The quantitative estimate of drug-likeness (QED) is 0.483. The summed E-state index contributed by atoms with van der Waals surface area (Å²) in [7, 11) is 3.01. The Morgan fingerprint density at radius 3 is 2.40 bits per heavy atom. The zero-order valence-corrected chi connectivity index (χ0v) is 19.3. The van der Waals surface area contributed by atoms with Gasteiger partial charge in [-0.3, -0.25) is 0 Å². The predicted octanol–water partition coefficient (Wildman–Crippen LogP) is 4.69. The maximum absolute atomic E-state index is 7.00. The van der Waals surface area contributed by atoms with Crippen molar-refractivity contribution in [1.82, 2.24) is 29.5 Å². The molecule has 4 rings (SSSR count). The summed E-state index contributed by atoms with van der Waals surface area (Å²) in [5, 5.41) is 21.6. The molecule has 3 heterocycles. The standard InChI is InChI=1S/C20H24N6.C2H6.CH4O/c1-5-6-7-10-15-13(2)24-26(14(15)3)20-21-19-18(22-23-20)16-11-8-9-12-17(16)25(19)4;2*1-2/h8-9,11-12H,5-7,10H2,1-4H3;1-2H3;2H,1H3. The lowest BCUT2D eigenvalue weighted by molar-refractivity contribution is 0.399. The van der Waals surface area contributed by atoms with E-state index in [4.69, 9.17) is 15.2 Å². The second-order valence-electron chi connectivity index (χ2n) is 6.88. The van der Waals surface area contributed by atoms with Crippen LogP contribution in [-0.4, -0.2) is 41.7 Å². The van der Waals surface area contributed by atoms with Crippen LogP contribution in [-0.2, 0) is 13.5 Å². The van der Waals surface area contributed by atoms with Crippen molar-refractivity contribution < 1.29 is 5.11 Å². The van der Waals surface area contributed by atoms with E-state index >= 15 is 0 Å². The summed E-state index contributed by atoms with van der Waals surface area (Å²) < 4.78 is 3.90. The lowest BCUT2D eigenvalue weighted by Gasteiger charge is -2.04. The molecule has 0 saturated carbocycles. The van der Waals surface area contributed by atoms with Gasteiger partial charge in [-0.1, -0.05) is 51.8 Å². The third-order valence-electron chi connectivity index (χ3n) is 5.16. The molecule has 7 nitrogen and oxygen atoms in total. The fourth-order valence-corrected chi connectivity index (χ4v) is 3.67. The first-order valence-electron chi connectivity index (χ1n) is 10.7. The SMILES string of the molecule is CC.CCCCCc1c(C)nn(-c2nnc3c4ccccc4n(C)c3n2)c1C.CO. The predicted molar refractivity (Wildman–Crippen MR) is 123 cm³/mol. The molecule has 4 aromatic rings. The summed E-state index contributed by atoms with van der Waals surface area (Å²) in [5.74, 6) is 0.533. The zero-order valence-electron chi connectivity index (χ0n) is 19.3. The molecule has 0 fully saturated rings. The van der Waals surface area contributed by atoms with Gasteiger partial charge in [0.25, 0.3) is 5.95 Å². The van der Waals surface area contributed by atoms with Crippen LogP contribution in [0.4, 0.5) is 0 Å². The van der Waals surface area contributed by atoms with Crippen LogP contribution in [0.2, 0.25) is 0 Å². The van der Waals surface area contributed by atoms with Crippen LogP contribution in [0.5, 0.6) is 0 Å². The van der Waals surface area contributed by atoms with Crippen LogP contribution in [0.25, 0.3) is 28.0 Å². The van der Waals surface area contributed by atoms with Crippen molar-refractivity contribution >= 4 is 22.1 Å². The minimum atomic E-state index is 0.533. The molecule has 0 radical (unpaired) electrons. The highest BCUT2D eigenvalue weighted by Crippen LogP contribution is 2.25. The molecule has 0 bridgehead atoms. The number of hydrogen-bond donors (Lipinski definition) is 1. The second-order valence-corrected chi connectivity index (χ2v) is 6.88. The van der Waals surface area contributed by atoms with Gasteiger partial charge in [0.2, 0.25) is 0 Å². The number of hydrogen-bond acceptors (Lipinski definition) is 5. The van der Waals surface area contributed by atoms with Crippen LogP contribution in [0.15, 0.2) is 24.3 Å². The van der Waals surface area contributed by atoms with E-state index in [1.54, 1.807) is 0 Å². The van der Waals surface area contributed by atoms with E-state index < -0.39 is 0 Å². The van der Waals surface area contributed by atoms with Gasteiger partial charge in [0.15, 0.2) is 5.65 Å². The van der Waals surface area contributed by atoms with Crippen molar-refractivity contribution in [2.24, 2.45) is 7.05 Å². The molecule has 0 spiro atoms. The van der Waals surface area contributed by atoms with Crippen molar-refractivity contribution in [2.75, 3.05) is 7.11 Å². The van der Waals surface area contributed by atoms with Gasteiger partial charge in [0.05, 0.1) is 11.2 Å². The van der Waals surface area contributed by atoms with E-state index in [1.807, 2.05) is 37.7 Å². The number of nitrogens with zero attached hydrogens (tertiary/aromatic N) is 6. The molecule has 0 atom stereocenters. The first-order chi connectivity index (χ1) is 14.6. The molecule has 1 N–H and O–H groups in total. The van der Waals surface area contributed by atoms with Crippen LogP contribution < -0.4 is 0 Å². The molecular formula is C23H34N6O. The number of para-hydroxylation sites is 1. The summed E-state index contributed by atoms with van der Waals surface area (Å²) in [6, 6.07) is 8.18. The van der Waals surface area contributed by atoms with Gasteiger partial charge in [-0.25, -0.2) is 4.68 Å². The largest absolute Gasteiger partial charge is 0.400 e. The molecule has 0 amide bonds. The second kappa shape index (κ2) is 10.8. The molecule has 30 heavy (non-hydrogen) atoms. The van der Waals surface area contributed by atoms with E-state index in [2.05, 4.69) is 47.7 Å². The summed E-state index contributed by atoms with van der Waals surface area (Å²) >= 11 is 0. The summed E-state index contributed by atoms with van der Waals surface area (Å²) in [6.07, 6.45) is 4.70. The third-order valence-corrected chi connectivity index (χ3v) is 5.16. The Balaban J connectivity index is 0.000000757. The zero-order chi connectivity index (χ0) is 22.3. The average molecular weight is 411 g/mol. The monoisotopic (exact) mass is 410 g/mol. The van der Waals surface area contributed by atoms with E-state index in [9.17, 15) is 0 Å². The van der Waals surface area contributed by atoms with E-state index in [0.717, 1.165) is 47.0 Å². The minimum absolute atomic E-state index is 0.533. The first-order valence-corrected chi connectivity index (χ1v) is 10.7. The van der Waals surface area contributed by atoms with Gasteiger partial charge in [-0.05, 0) is 38.3 Å². The fraction of sp³-hybridized carbons (Fsp3) is 0.478. The maximum Gasteiger partial charge on any atom is 0.272 e. The molecule has 0 saturated heterocycles. The molecule has 3 aromatic heterocycles. The molecule has 0 aliphatic rings. The van der Waals surface area contributed by atoms with Crippen molar-refractivity contribution in [3.05, 3.63) is 41.2 Å². The summed E-state index contributed by atoms with van der Waals surface area (Å²) in [5.41, 5.74) is 6.24. The lowest BCUT2D eigenvalue weighted by Crippen LogP contribution is -2.07.